The molecule has 0 aliphatic rings. The molecule has 0 fully saturated rings. The standard InChI is InChI=1S/C10H11ClO3/c1-6-4-8(11)10(14-3)9(13-2)7(6)5-12/h4-5H,1-3H3. The predicted molar refractivity (Wildman–Crippen MR) is 54.7 cm³/mol. The lowest BCUT2D eigenvalue weighted by molar-refractivity contribution is 0.111. The van der Waals surface area contributed by atoms with E-state index in [1.165, 1.54) is 14.2 Å². The van der Waals surface area contributed by atoms with Crippen molar-refractivity contribution in [1.29, 1.82) is 0 Å². The van der Waals surface area contributed by atoms with Gasteiger partial charge in [0.2, 0.25) is 0 Å². The van der Waals surface area contributed by atoms with Gasteiger partial charge in [-0.25, -0.2) is 0 Å². The molecular weight excluding hydrogens is 204 g/mol. The molecule has 76 valence electrons. The molecule has 0 heterocycles. The van der Waals surface area contributed by atoms with Crippen molar-refractivity contribution in [3.05, 3.63) is 22.2 Å². The van der Waals surface area contributed by atoms with Crippen LogP contribution in [0, 0.1) is 6.92 Å². The molecule has 0 aliphatic carbocycles. The van der Waals surface area contributed by atoms with E-state index in [0.717, 1.165) is 11.8 Å². The maximum Gasteiger partial charge on any atom is 0.180 e. The summed E-state index contributed by atoms with van der Waals surface area (Å²) in [6, 6.07) is 1.67. The Kier molecular flexibility index (Phi) is 3.36. The molecule has 0 atom stereocenters. The highest BCUT2D eigenvalue weighted by atomic mass is 35.5. The van der Waals surface area contributed by atoms with Crippen LogP contribution in [0.2, 0.25) is 5.02 Å². The lowest BCUT2D eigenvalue weighted by Crippen LogP contribution is -1.98. The van der Waals surface area contributed by atoms with Gasteiger partial charge in [0.1, 0.15) is 0 Å². The van der Waals surface area contributed by atoms with Crippen molar-refractivity contribution in [1.82, 2.24) is 0 Å². The molecular formula is C10H11ClO3. The summed E-state index contributed by atoms with van der Waals surface area (Å²) >= 11 is 5.92. The first-order valence-electron chi connectivity index (χ1n) is 4.02. The third-order valence-electron chi connectivity index (χ3n) is 1.96. The van der Waals surface area contributed by atoms with Crippen LogP contribution in [0.15, 0.2) is 6.07 Å². The molecule has 1 aromatic rings. The molecule has 1 rings (SSSR count). The average molecular weight is 215 g/mol. The van der Waals surface area contributed by atoms with Crippen LogP contribution in [0.1, 0.15) is 15.9 Å². The lowest BCUT2D eigenvalue weighted by Gasteiger charge is -2.12. The molecule has 0 N–H and O–H groups in total. The van der Waals surface area contributed by atoms with Gasteiger partial charge in [0, 0.05) is 0 Å². The zero-order valence-corrected chi connectivity index (χ0v) is 9.01. The van der Waals surface area contributed by atoms with Crippen molar-refractivity contribution in [3.63, 3.8) is 0 Å². The van der Waals surface area contributed by atoms with Gasteiger partial charge in [-0.2, -0.15) is 0 Å². The third kappa shape index (κ3) is 1.68. The zero-order valence-electron chi connectivity index (χ0n) is 8.26. The van der Waals surface area contributed by atoms with Gasteiger partial charge in [0.05, 0.1) is 24.8 Å². The Morgan fingerprint density at radius 3 is 2.29 bits per heavy atom. The predicted octanol–water partition coefficient (Wildman–Crippen LogP) is 2.48. The largest absolute Gasteiger partial charge is 0.492 e. The summed E-state index contributed by atoms with van der Waals surface area (Å²) < 4.78 is 10.1. The fourth-order valence-electron chi connectivity index (χ4n) is 1.28. The van der Waals surface area contributed by atoms with Crippen LogP contribution in [0.25, 0.3) is 0 Å². The summed E-state index contributed by atoms with van der Waals surface area (Å²) in [6.07, 6.45) is 0.729. The van der Waals surface area contributed by atoms with Gasteiger partial charge in [-0.3, -0.25) is 4.79 Å². The number of halogens is 1. The Morgan fingerprint density at radius 2 is 1.86 bits per heavy atom. The minimum atomic E-state index is 0.382. The molecule has 0 unspecified atom stereocenters. The lowest BCUT2D eigenvalue weighted by atomic mass is 10.1. The smallest absolute Gasteiger partial charge is 0.180 e. The Bertz CT molecular complexity index is 361. The van der Waals surface area contributed by atoms with Crippen LogP contribution in [-0.2, 0) is 0 Å². The van der Waals surface area contributed by atoms with E-state index in [2.05, 4.69) is 0 Å². The normalized spacial score (nSPS) is 9.71. The Hall–Kier alpha value is -1.22. The highest BCUT2D eigenvalue weighted by Gasteiger charge is 2.16. The van der Waals surface area contributed by atoms with E-state index < -0.39 is 0 Å². The monoisotopic (exact) mass is 214 g/mol. The summed E-state index contributed by atoms with van der Waals surface area (Å²) in [6.45, 7) is 1.79. The minimum Gasteiger partial charge on any atom is -0.492 e. The highest BCUT2D eigenvalue weighted by molar-refractivity contribution is 6.32. The van der Waals surface area contributed by atoms with E-state index in [1.54, 1.807) is 13.0 Å². The van der Waals surface area contributed by atoms with Crippen LogP contribution in [0.4, 0.5) is 0 Å². The highest BCUT2D eigenvalue weighted by Crippen LogP contribution is 2.38. The molecule has 3 nitrogen and oxygen atoms in total. The summed E-state index contributed by atoms with van der Waals surface area (Å²) in [5.41, 5.74) is 1.23. The van der Waals surface area contributed by atoms with Crippen molar-refractivity contribution >= 4 is 17.9 Å². The van der Waals surface area contributed by atoms with Gasteiger partial charge in [-0.1, -0.05) is 11.6 Å². The Labute approximate surface area is 87.6 Å². The molecule has 4 heteroatoms. The number of benzene rings is 1. The van der Waals surface area contributed by atoms with Crippen molar-refractivity contribution in [2.45, 2.75) is 6.92 Å². The summed E-state index contributed by atoms with van der Waals surface area (Å²) in [5.74, 6) is 0.773. The molecule has 0 aromatic heterocycles. The van der Waals surface area contributed by atoms with Crippen molar-refractivity contribution < 1.29 is 14.3 Å². The number of carbonyl (C=O) groups excluding carboxylic acids is 1. The molecule has 0 saturated carbocycles. The van der Waals surface area contributed by atoms with Gasteiger partial charge >= 0.3 is 0 Å². The number of ether oxygens (including phenoxy) is 2. The van der Waals surface area contributed by atoms with Crippen molar-refractivity contribution in [2.24, 2.45) is 0 Å². The number of hydrogen-bond acceptors (Lipinski definition) is 3. The number of aryl methyl sites for hydroxylation is 1. The van der Waals surface area contributed by atoms with Gasteiger partial charge in [-0.15, -0.1) is 0 Å². The molecule has 0 spiro atoms. The summed E-state index contributed by atoms with van der Waals surface area (Å²) in [4.78, 5) is 10.8. The first kappa shape index (κ1) is 10.9. The van der Waals surface area contributed by atoms with E-state index in [1.807, 2.05) is 0 Å². The van der Waals surface area contributed by atoms with Crippen LogP contribution in [-0.4, -0.2) is 20.5 Å². The van der Waals surface area contributed by atoms with Crippen LogP contribution < -0.4 is 9.47 Å². The maximum atomic E-state index is 10.8. The molecule has 0 saturated heterocycles. The molecule has 0 amide bonds. The Balaban J connectivity index is 3.50. The van der Waals surface area contributed by atoms with Crippen LogP contribution in [0.5, 0.6) is 11.5 Å². The first-order chi connectivity index (χ1) is 6.65. The molecule has 0 radical (unpaired) electrons. The SMILES string of the molecule is COc1c(Cl)cc(C)c(C=O)c1OC. The molecule has 0 aliphatic heterocycles. The summed E-state index contributed by atoms with van der Waals surface area (Å²) in [5, 5.41) is 0.437. The molecule has 1 aromatic carbocycles. The maximum absolute atomic E-state index is 10.8. The van der Waals surface area contributed by atoms with Gasteiger partial charge in [0.25, 0.3) is 0 Å². The van der Waals surface area contributed by atoms with E-state index in [9.17, 15) is 4.79 Å². The Morgan fingerprint density at radius 1 is 1.29 bits per heavy atom. The van der Waals surface area contributed by atoms with Crippen molar-refractivity contribution in [3.8, 4) is 11.5 Å². The number of aldehydes is 1. The second-order valence-electron chi connectivity index (χ2n) is 2.77. The van der Waals surface area contributed by atoms with Crippen LogP contribution in [0.3, 0.4) is 0 Å². The fourth-order valence-corrected chi connectivity index (χ4v) is 1.61. The number of hydrogen-bond donors (Lipinski definition) is 0. The van der Waals surface area contributed by atoms with Gasteiger partial charge in [-0.05, 0) is 18.6 Å². The molecule has 14 heavy (non-hydrogen) atoms. The minimum absolute atomic E-state index is 0.382. The van der Waals surface area contributed by atoms with Crippen LogP contribution >= 0.6 is 11.6 Å². The second kappa shape index (κ2) is 4.33. The quantitative estimate of drug-likeness (QED) is 0.726. The van der Waals surface area contributed by atoms with E-state index in [0.29, 0.717) is 22.1 Å². The number of methoxy groups -OCH3 is 2. The summed E-state index contributed by atoms with van der Waals surface area (Å²) in [7, 11) is 2.95. The van der Waals surface area contributed by atoms with E-state index in [4.69, 9.17) is 21.1 Å². The van der Waals surface area contributed by atoms with Gasteiger partial charge in [0.15, 0.2) is 17.8 Å². The fraction of sp³-hybridized carbons (Fsp3) is 0.300. The van der Waals surface area contributed by atoms with E-state index >= 15 is 0 Å². The number of rotatable bonds is 3. The second-order valence-corrected chi connectivity index (χ2v) is 3.18. The first-order valence-corrected chi connectivity index (χ1v) is 4.39. The topological polar surface area (TPSA) is 35.5 Å². The molecule has 0 bridgehead atoms. The van der Waals surface area contributed by atoms with Crippen molar-refractivity contribution in [2.75, 3.05) is 14.2 Å². The van der Waals surface area contributed by atoms with E-state index in [-0.39, 0.29) is 0 Å². The number of carbonyl (C=O) groups is 1. The average Bonchev–Trinajstić information content (AvgIpc) is 2.16. The third-order valence-corrected chi connectivity index (χ3v) is 2.24. The van der Waals surface area contributed by atoms with Gasteiger partial charge < -0.3 is 9.47 Å². The zero-order chi connectivity index (χ0) is 10.7.